The summed E-state index contributed by atoms with van der Waals surface area (Å²) in [7, 11) is 0. The van der Waals surface area contributed by atoms with Gasteiger partial charge in [0.2, 0.25) is 0 Å². The van der Waals surface area contributed by atoms with Crippen molar-refractivity contribution in [3.05, 3.63) is 51.5 Å². The second-order valence-electron chi connectivity index (χ2n) is 4.76. The molecule has 19 heavy (non-hydrogen) atoms. The zero-order valence-corrected chi connectivity index (χ0v) is 12.8. The number of hydrogen-bond acceptors (Lipinski definition) is 3. The molecule has 0 aromatic carbocycles. The van der Waals surface area contributed by atoms with Crippen LogP contribution < -0.4 is 5.32 Å². The molecule has 2 aromatic heterocycles. The first-order chi connectivity index (χ1) is 9.27. The summed E-state index contributed by atoms with van der Waals surface area (Å²) in [6, 6.07) is 6.64. The van der Waals surface area contributed by atoms with Gasteiger partial charge in [-0.1, -0.05) is 19.9 Å². The molecule has 0 saturated heterocycles. The Hall–Kier alpha value is -1.19. The molecule has 0 saturated carbocycles. The molecule has 0 aliphatic carbocycles. The zero-order valence-electron chi connectivity index (χ0n) is 11.9. The number of aromatic nitrogens is 1. The SMILES string of the molecule is CCCNC(c1ncccc1CC)c1sccc1C. The molecule has 102 valence electrons. The van der Waals surface area contributed by atoms with Crippen molar-refractivity contribution >= 4 is 11.3 Å². The van der Waals surface area contributed by atoms with Gasteiger partial charge in [-0.15, -0.1) is 11.3 Å². The van der Waals surface area contributed by atoms with Gasteiger partial charge in [0, 0.05) is 11.1 Å². The van der Waals surface area contributed by atoms with Gasteiger partial charge in [-0.2, -0.15) is 0 Å². The van der Waals surface area contributed by atoms with E-state index in [1.165, 1.54) is 21.7 Å². The summed E-state index contributed by atoms with van der Waals surface area (Å²) in [4.78, 5) is 6.03. The smallest absolute Gasteiger partial charge is 0.0850 e. The highest BCUT2D eigenvalue weighted by atomic mass is 32.1. The summed E-state index contributed by atoms with van der Waals surface area (Å²) in [5, 5.41) is 5.82. The van der Waals surface area contributed by atoms with Crippen LogP contribution in [0.3, 0.4) is 0 Å². The van der Waals surface area contributed by atoms with Gasteiger partial charge in [-0.3, -0.25) is 4.98 Å². The highest BCUT2D eigenvalue weighted by Gasteiger charge is 2.20. The van der Waals surface area contributed by atoms with Crippen LogP contribution in [0.4, 0.5) is 0 Å². The predicted molar refractivity (Wildman–Crippen MR) is 82.8 cm³/mol. The van der Waals surface area contributed by atoms with Crippen molar-refractivity contribution in [2.45, 2.75) is 39.7 Å². The maximum atomic E-state index is 4.64. The number of rotatable bonds is 6. The van der Waals surface area contributed by atoms with Crippen molar-refractivity contribution in [2.24, 2.45) is 0 Å². The van der Waals surface area contributed by atoms with Crippen molar-refractivity contribution in [1.82, 2.24) is 10.3 Å². The summed E-state index contributed by atoms with van der Waals surface area (Å²) >= 11 is 1.82. The molecule has 2 nitrogen and oxygen atoms in total. The lowest BCUT2D eigenvalue weighted by atomic mass is 10.0. The van der Waals surface area contributed by atoms with Crippen LogP contribution in [0.1, 0.15) is 48.0 Å². The Bertz CT molecular complexity index is 519. The monoisotopic (exact) mass is 274 g/mol. The molecule has 3 heteroatoms. The van der Waals surface area contributed by atoms with E-state index in [0.717, 1.165) is 19.4 Å². The molecule has 0 amide bonds. The van der Waals surface area contributed by atoms with Crippen molar-refractivity contribution in [3.8, 4) is 0 Å². The summed E-state index contributed by atoms with van der Waals surface area (Å²) in [5.74, 6) is 0. The van der Waals surface area contributed by atoms with Gasteiger partial charge in [0.05, 0.1) is 11.7 Å². The molecule has 1 atom stereocenters. The summed E-state index contributed by atoms with van der Waals surface area (Å²) in [6.07, 6.45) is 4.06. The molecule has 0 fully saturated rings. The second kappa shape index (κ2) is 6.83. The van der Waals surface area contributed by atoms with Crippen LogP contribution in [0.2, 0.25) is 0 Å². The quantitative estimate of drug-likeness (QED) is 0.857. The third kappa shape index (κ3) is 3.23. The Morgan fingerprint density at radius 1 is 1.32 bits per heavy atom. The molecule has 2 heterocycles. The van der Waals surface area contributed by atoms with Gasteiger partial charge in [0.15, 0.2) is 0 Å². The Morgan fingerprint density at radius 3 is 2.79 bits per heavy atom. The molecule has 0 bridgehead atoms. The van der Waals surface area contributed by atoms with Crippen molar-refractivity contribution in [2.75, 3.05) is 6.54 Å². The van der Waals surface area contributed by atoms with Crippen LogP contribution in [0.25, 0.3) is 0 Å². The molecular formula is C16H22N2S. The number of pyridine rings is 1. The Kier molecular flexibility index (Phi) is 5.11. The Balaban J connectivity index is 2.40. The zero-order chi connectivity index (χ0) is 13.7. The lowest BCUT2D eigenvalue weighted by Crippen LogP contribution is -2.25. The van der Waals surface area contributed by atoms with Gasteiger partial charge in [-0.25, -0.2) is 0 Å². The van der Waals surface area contributed by atoms with Gasteiger partial charge < -0.3 is 5.32 Å². The van der Waals surface area contributed by atoms with E-state index in [2.05, 4.69) is 48.6 Å². The van der Waals surface area contributed by atoms with Gasteiger partial charge in [-0.05, 0) is 54.9 Å². The minimum Gasteiger partial charge on any atom is -0.304 e. The van der Waals surface area contributed by atoms with E-state index in [1.807, 2.05) is 23.6 Å². The molecule has 0 aliphatic rings. The first-order valence-corrected chi connectivity index (χ1v) is 7.87. The van der Waals surface area contributed by atoms with Crippen molar-refractivity contribution in [3.63, 3.8) is 0 Å². The minimum atomic E-state index is 0.232. The lowest BCUT2D eigenvalue weighted by molar-refractivity contribution is 0.587. The molecule has 1 unspecified atom stereocenters. The first-order valence-electron chi connectivity index (χ1n) is 6.99. The van der Waals surface area contributed by atoms with Crippen LogP contribution in [0.15, 0.2) is 29.8 Å². The Morgan fingerprint density at radius 2 is 2.16 bits per heavy atom. The summed E-state index contributed by atoms with van der Waals surface area (Å²) in [5.41, 5.74) is 3.87. The topological polar surface area (TPSA) is 24.9 Å². The van der Waals surface area contributed by atoms with Crippen molar-refractivity contribution < 1.29 is 0 Å². The molecule has 2 rings (SSSR count). The third-order valence-corrected chi connectivity index (χ3v) is 4.43. The minimum absolute atomic E-state index is 0.232. The van der Waals surface area contributed by atoms with E-state index in [4.69, 9.17) is 0 Å². The van der Waals surface area contributed by atoms with E-state index in [9.17, 15) is 0 Å². The highest BCUT2D eigenvalue weighted by molar-refractivity contribution is 7.10. The lowest BCUT2D eigenvalue weighted by Gasteiger charge is -2.20. The number of aryl methyl sites for hydroxylation is 2. The van der Waals surface area contributed by atoms with Gasteiger partial charge >= 0.3 is 0 Å². The first kappa shape index (κ1) is 14.2. The number of thiophene rings is 1. The van der Waals surface area contributed by atoms with E-state index >= 15 is 0 Å². The maximum absolute atomic E-state index is 4.64. The highest BCUT2D eigenvalue weighted by Crippen LogP contribution is 2.30. The van der Waals surface area contributed by atoms with Crippen LogP contribution in [0.5, 0.6) is 0 Å². The van der Waals surface area contributed by atoms with Crippen LogP contribution >= 0.6 is 11.3 Å². The largest absolute Gasteiger partial charge is 0.304 e. The van der Waals surface area contributed by atoms with Crippen LogP contribution in [0, 0.1) is 6.92 Å². The van der Waals surface area contributed by atoms with Gasteiger partial charge in [0.25, 0.3) is 0 Å². The Labute approximate surface area is 119 Å². The fourth-order valence-corrected chi connectivity index (χ4v) is 3.30. The standard InChI is InChI=1S/C16H22N2S/c1-4-9-17-15(16-12(3)8-11-19-16)14-13(5-2)7-6-10-18-14/h6-8,10-11,15,17H,4-5,9H2,1-3H3. The van der Waals surface area contributed by atoms with E-state index in [0.29, 0.717) is 0 Å². The normalized spacial score (nSPS) is 12.6. The average Bonchev–Trinajstić information content (AvgIpc) is 2.86. The van der Waals surface area contributed by atoms with E-state index < -0.39 is 0 Å². The molecular weight excluding hydrogens is 252 g/mol. The average molecular weight is 274 g/mol. The van der Waals surface area contributed by atoms with Crippen LogP contribution in [-0.2, 0) is 6.42 Å². The summed E-state index contributed by atoms with van der Waals surface area (Å²) in [6.45, 7) is 7.59. The second-order valence-corrected chi connectivity index (χ2v) is 5.70. The number of nitrogens with one attached hydrogen (secondary N) is 1. The van der Waals surface area contributed by atoms with E-state index in [1.54, 1.807) is 0 Å². The van der Waals surface area contributed by atoms with Gasteiger partial charge in [0.1, 0.15) is 0 Å². The van der Waals surface area contributed by atoms with Crippen LogP contribution in [-0.4, -0.2) is 11.5 Å². The van der Waals surface area contributed by atoms with E-state index in [-0.39, 0.29) is 6.04 Å². The maximum Gasteiger partial charge on any atom is 0.0850 e. The number of hydrogen-bond donors (Lipinski definition) is 1. The molecule has 0 aliphatic heterocycles. The molecule has 1 N–H and O–H groups in total. The fraction of sp³-hybridized carbons (Fsp3) is 0.438. The number of nitrogens with zero attached hydrogens (tertiary/aromatic N) is 1. The predicted octanol–water partition coefficient (Wildman–Crippen LogP) is 4.10. The molecule has 2 aromatic rings. The molecule has 0 radical (unpaired) electrons. The third-order valence-electron chi connectivity index (χ3n) is 3.34. The molecule has 0 spiro atoms. The van der Waals surface area contributed by atoms with Crippen molar-refractivity contribution in [1.29, 1.82) is 0 Å². The fourth-order valence-electron chi connectivity index (χ4n) is 2.29. The summed E-state index contributed by atoms with van der Waals surface area (Å²) < 4.78 is 0.